The molecule has 150 valence electrons. The van der Waals surface area contributed by atoms with Crippen molar-refractivity contribution in [1.29, 1.82) is 0 Å². The zero-order chi connectivity index (χ0) is 21.0. The topological polar surface area (TPSA) is 89.8 Å². The van der Waals surface area contributed by atoms with Crippen molar-refractivity contribution < 1.29 is 23.5 Å². The number of nitrogens with one attached hydrogen (secondary N) is 2. The summed E-state index contributed by atoms with van der Waals surface area (Å²) in [7, 11) is 2.98. The van der Waals surface area contributed by atoms with E-state index in [9.17, 15) is 9.59 Å². The number of amides is 2. The molecule has 2 amide bonds. The van der Waals surface area contributed by atoms with E-state index in [0.29, 0.717) is 37.9 Å². The minimum absolute atomic E-state index is 0.129. The lowest BCUT2D eigenvalue weighted by Crippen LogP contribution is -2.16. The summed E-state index contributed by atoms with van der Waals surface area (Å²) in [6.45, 7) is 0. The number of carbonyl (C=O) groups excluding carboxylic acids is 2. The van der Waals surface area contributed by atoms with Crippen molar-refractivity contribution in [3.63, 3.8) is 0 Å². The summed E-state index contributed by atoms with van der Waals surface area (Å²) in [6, 6.07) is 11.0. The quantitative estimate of drug-likeness (QED) is 0.506. The van der Waals surface area contributed by atoms with Crippen LogP contribution in [0.5, 0.6) is 11.5 Å². The highest BCUT2D eigenvalue weighted by atomic mass is 79.9. The van der Waals surface area contributed by atoms with Gasteiger partial charge in [-0.25, -0.2) is 0 Å². The van der Waals surface area contributed by atoms with E-state index >= 15 is 0 Å². The number of carbonyl (C=O) groups is 2. The first-order valence-electron chi connectivity index (χ1n) is 8.30. The zero-order valence-corrected chi connectivity index (χ0v) is 17.8. The van der Waals surface area contributed by atoms with Crippen LogP contribution in [-0.4, -0.2) is 26.0 Å². The van der Waals surface area contributed by atoms with E-state index < -0.39 is 11.8 Å². The standard InChI is InChI=1S/C20H16BrClN2O5/c1-27-16-8-11(9-17(28-2)18(16)21)19(25)23-13-6-5-12(22)10-14(13)24-20(26)15-4-3-7-29-15/h3-10H,1-2H3,(H,23,25)(H,24,26). The first-order chi connectivity index (χ1) is 13.9. The normalized spacial score (nSPS) is 10.3. The molecule has 0 aliphatic heterocycles. The van der Waals surface area contributed by atoms with Gasteiger partial charge in [-0.1, -0.05) is 11.6 Å². The second-order valence-electron chi connectivity index (χ2n) is 5.77. The highest BCUT2D eigenvalue weighted by Crippen LogP contribution is 2.36. The monoisotopic (exact) mass is 478 g/mol. The predicted octanol–water partition coefficient (Wildman–Crippen LogP) is 5.22. The molecule has 0 aliphatic carbocycles. The van der Waals surface area contributed by atoms with Crippen molar-refractivity contribution in [2.45, 2.75) is 0 Å². The molecule has 3 rings (SSSR count). The Morgan fingerprint density at radius 2 is 1.62 bits per heavy atom. The number of rotatable bonds is 6. The minimum atomic E-state index is -0.472. The Balaban J connectivity index is 1.88. The summed E-state index contributed by atoms with van der Waals surface area (Å²) in [5.74, 6) is 0.114. The summed E-state index contributed by atoms with van der Waals surface area (Å²) >= 11 is 9.41. The number of halogens is 2. The molecule has 0 atom stereocenters. The van der Waals surface area contributed by atoms with E-state index in [0.717, 1.165) is 0 Å². The third-order valence-electron chi connectivity index (χ3n) is 3.93. The minimum Gasteiger partial charge on any atom is -0.495 e. The predicted molar refractivity (Wildman–Crippen MR) is 113 cm³/mol. The van der Waals surface area contributed by atoms with Crippen LogP contribution in [0.3, 0.4) is 0 Å². The zero-order valence-electron chi connectivity index (χ0n) is 15.4. The van der Waals surface area contributed by atoms with Gasteiger partial charge in [0.15, 0.2) is 5.76 Å². The average Bonchev–Trinajstić information content (AvgIpc) is 3.25. The largest absolute Gasteiger partial charge is 0.495 e. The van der Waals surface area contributed by atoms with Crippen LogP contribution in [0.4, 0.5) is 11.4 Å². The van der Waals surface area contributed by atoms with Gasteiger partial charge >= 0.3 is 0 Å². The molecule has 29 heavy (non-hydrogen) atoms. The van der Waals surface area contributed by atoms with Gasteiger partial charge in [0.05, 0.1) is 31.9 Å². The van der Waals surface area contributed by atoms with Crippen LogP contribution in [0.15, 0.2) is 57.6 Å². The van der Waals surface area contributed by atoms with Crippen LogP contribution in [-0.2, 0) is 0 Å². The number of benzene rings is 2. The van der Waals surface area contributed by atoms with Crippen molar-refractivity contribution in [2.24, 2.45) is 0 Å². The summed E-state index contributed by atoms with van der Waals surface area (Å²) < 4.78 is 16.2. The van der Waals surface area contributed by atoms with E-state index in [-0.39, 0.29) is 5.76 Å². The molecule has 0 aliphatic rings. The number of hydrogen-bond acceptors (Lipinski definition) is 5. The van der Waals surface area contributed by atoms with Crippen molar-refractivity contribution in [3.05, 3.63) is 69.5 Å². The molecule has 2 aromatic carbocycles. The molecule has 0 spiro atoms. The van der Waals surface area contributed by atoms with Gasteiger partial charge in [-0.2, -0.15) is 0 Å². The number of methoxy groups -OCH3 is 2. The molecule has 2 N–H and O–H groups in total. The lowest BCUT2D eigenvalue weighted by atomic mass is 10.1. The molecule has 7 nitrogen and oxygen atoms in total. The van der Waals surface area contributed by atoms with Crippen molar-refractivity contribution in [3.8, 4) is 11.5 Å². The van der Waals surface area contributed by atoms with Gasteiger partial charge in [-0.15, -0.1) is 0 Å². The van der Waals surface area contributed by atoms with E-state index in [1.165, 1.54) is 32.6 Å². The fourth-order valence-corrected chi connectivity index (χ4v) is 3.24. The SMILES string of the molecule is COc1cc(C(=O)Nc2ccc(Cl)cc2NC(=O)c2ccco2)cc(OC)c1Br. The summed E-state index contributed by atoms with van der Waals surface area (Å²) in [5, 5.41) is 5.83. The second-order valence-corrected chi connectivity index (χ2v) is 7.00. The average molecular weight is 480 g/mol. The first kappa shape index (κ1) is 20.8. The highest BCUT2D eigenvalue weighted by molar-refractivity contribution is 9.10. The Labute approximate surface area is 180 Å². The number of anilines is 2. The fraction of sp³-hybridized carbons (Fsp3) is 0.100. The van der Waals surface area contributed by atoms with Gasteiger partial charge in [-0.05, 0) is 58.4 Å². The van der Waals surface area contributed by atoms with E-state index in [1.54, 1.807) is 30.3 Å². The lowest BCUT2D eigenvalue weighted by molar-refractivity contribution is 0.0993. The van der Waals surface area contributed by atoms with Gasteiger partial charge in [0.1, 0.15) is 16.0 Å². The maximum absolute atomic E-state index is 12.8. The van der Waals surface area contributed by atoms with Crippen LogP contribution in [0.2, 0.25) is 5.02 Å². The summed E-state index contributed by atoms with van der Waals surface area (Å²) in [6.07, 6.45) is 1.39. The van der Waals surface area contributed by atoms with Crippen molar-refractivity contribution >= 4 is 50.7 Å². The first-order valence-corrected chi connectivity index (χ1v) is 9.47. The Hall–Kier alpha value is -2.97. The number of hydrogen-bond donors (Lipinski definition) is 2. The maximum Gasteiger partial charge on any atom is 0.291 e. The molecule has 1 aromatic heterocycles. The molecular weight excluding hydrogens is 464 g/mol. The fourth-order valence-electron chi connectivity index (χ4n) is 2.52. The lowest BCUT2D eigenvalue weighted by Gasteiger charge is -2.14. The van der Waals surface area contributed by atoms with Crippen molar-refractivity contribution in [2.75, 3.05) is 24.9 Å². The second kappa shape index (κ2) is 9.02. The van der Waals surface area contributed by atoms with Gasteiger partial charge in [0.25, 0.3) is 11.8 Å². The molecule has 0 fully saturated rings. The third kappa shape index (κ3) is 4.72. The van der Waals surface area contributed by atoms with Gasteiger partial charge in [0.2, 0.25) is 0 Å². The molecule has 9 heteroatoms. The molecule has 0 bridgehead atoms. The molecule has 0 saturated heterocycles. The Bertz CT molecular complexity index is 1030. The Kier molecular flexibility index (Phi) is 6.46. The van der Waals surface area contributed by atoms with E-state index in [4.69, 9.17) is 25.5 Å². The molecule has 0 saturated carbocycles. The van der Waals surface area contributed by atoms with Gasteiger partial charge < -0.3 is 24.5 Å². The number of ether oxygens (including phenoxy) is 2. The van der Waals surface area contributed by atoms with Gasteiger partial charge in [0, 0.05) is 10.6 Å². The molecule has 0 radical (unpaired) electrons. The van der Waals surface area contributed by atoms with E-state index in [2.05, 4.69) is 26.6 Å². The van der Waals surface area contributed by atoms with Crippen LogP contribution >= 0.6 is 27.5 Å². The molecule has 3 aromatic rings. The molecular formula is C20H16BrClN2O5. The highest BCUT2D eigenvalue weighted by Gasteiger charge is 2.17. The van der Waals surface area contributed by atoms with Gasteiger partial charge in [-0.3, -0.25) is 9.59 Å². The summed E-state index contributed by atoms with van der Waals surface area (Å²) in [4.78, 5) is 25.1. The summed E-state index contributed by atoms with van der Waals surface area (Å²) in [5.41, 5.74) is 0.989. The molecule has 0 unspecified atom stereocenters. The Morgan fingerprint density at radius 3 is 2.21 bits per heavy atom. The van der Waals surface area contributed by atoms with E-state index in [1.807, 2.05) is 0 Å². The van der Waals surface area contributed by atoms with Crippen LogP contribution < -0.4 is 20.1 Å². The maximum atomic E-state index is 12.8. The van der Waals surface area contributed by atoms with Crippen molar-refractivity contribution in [1.82, 2.24) is 0 Å². The van der Waals surface area contributed by atoms with Crippen LogP contribution in [0.25, 0.3) is 0 Å². The smallest absolute Gasteiger partial charge is 0.291 e. The number of furan rings is 1. The van der Waals surface area contributed by atoms with Crippen LogP contribution in [0.1, 0.15) is 20.9 Å². The molecule has 1 heterocycles. The Morgan fingerprint density at radius 1 is 0.966 bits per heavy atom. The third-order valence-corrected chi connectivity index (χ3v) is 4.95. The van der Waals surface area contributed by atoms with Crippen LogP contribution in [0, 0.1) is 0 Å².